The first-order valence-electron chi connectivity index (χ1n) is 10.3. The third kappa shape index (κ3) is 7.32. The first kappa shape index (κ1) is 29.6. The summed E-state index contributed by atoms with van der Waals surface area (Å²) >= 11 is 0. The van der Waals surface area contributed by atoms with Crippen LogP contribution >= 0.6 is 15.6 Å². The molecule has 7 N–H and O–H groups in total. The summed E-state index contributed by atoms with van der Waals surface area (Å²) < 4.78 is 49.1. The predicted octanol–water partition coefficient (Wildman–Crippen LogP) is -2.45. The summed E-state index contributed by atoms with van der Waals surface area (Å²) in [4.78, 5) is 47.6. The molecule has 2 fully saturated rings. The molecule has 0 radical (unpaired) electrons. The summed E-state index contributed by atoms with van der Waals surface area (Å²) in [5.74, 6) is 0. The molecular weight excluding hydrogens is 552 g/mol. The number of aromatic amines is 1. The van der Waals surface area contributed by atoms with Crippen molar-refractivity contribution in [2.24, 2.45) is 5.11 Å². The van der Waals surface area contributed by atoms with Crippen molar-refractivity contribution in [3.05, 3.63) is 43.5 Å². The Morgan fingerprint density at radius 3 is 2.46 bits per heavy atom. The van der Waals surface area contributed by atoms with Crippen molar-refractivity contribution in [1.82, 2.24) is 9.55 Å². The number of azide groups is 1. The Kier molecular flexibility index (Phi) is 9.44. The second-order valence-electron chi connectivity index (χ2n) is 7.77. The summed E-state index contributed by atoms with van der Waals surface area (Å²) in [5, 5.41) is 41.9. The number of hydrogen-bond donors (Lipinski definition) is 7. The molecule has 208 valence electrons. The van der Waals surface area contributed by atoms with Crippen LogP contribution in [-0.2, 0) is 32.0 Å². The van der Waals surface area contributed by atoms with Crippen LogP contribution in [0.15, 0.2) is 27.0 Å². The van der Waals surface area contributed by atoms with Gasteiger partial charge in [0, 0.05) is 23.6 Å². The van der Waals surface area contributed by atoms with Gasteiger partial charge in [-0.2, -0.15) is 4.31 Å². The van der Waals surface area contributed by atoms with E-state index in [4.69, 9.17) is 20.1 Å². The Hall–Kier alpha value is -1.99. The number of H-pyrrole nitrogens is 1. The minimum atomic E-state index is -5.56. The Bertz CT molecular complexity index is 1220. The van der Waals surface area contributed by atoms with E-state index in [-0.39, 0.29) is 6.42 Å². The number of phosphoric ester groups is 2. The maximum absolute atomic E-state index is 12.3. The molecule has 10 atom stereocenters. The number of rotatable bonds is 10. The fraction of sp³-hybridized carbons (Fsp3) is 0.733. The number of ether oxygens (including phenoxy) is 2. The Morgan fingerprint density at radius 1 is 1.14 bits per heavy atom. The van der Waals surface area contributed by atoms with Crippen LogP contribution in [-0.4, -0.2) is 95.8 Å². The fourth-order valence-corrected chi connectivity index (χ4v) is 5.66. The zero-order valence-electron chi connectivity index (χ0n) is 18.4. The Balaban J connectivity index is 1.64. The maximum Gasteiger partial charge on any atom is 0.483 e. The van der Waals surface area contributed by atoms with Crippen LogP contribution in [0.5, 0.6) is 0 Å². The standard InChI is InChI=1S/C15H23N5O15P2/c16-19-18-6-3-10(20-2-1-9(22)17-15(20)26)32-8(6)5-31-36(27,28)35-37(29,30)34-14-13(25)12(24)11(23)7(4-21)33-14/h1-2,6-8,10-14,21,23-25H,3-5H2,(H,27,28)(H,29,30)(H,17,22,26)/t6-,7+,8+,10+,11+,12-,13+,14+/m0/s1. The zero-order chi connectivity index (χ0) is 27.5. The quantitative estimate of drug-likeness (QED) is 0.0659. The molecular formula is C15H23N5O15P2. The van der Waals surface area contributed by atoms with Crippen molar-refractivity contribution in [1.29, 1.82) is 0 Å². The number of aliphatic hydroxyl groups excluding tert-OH is 4. The van der Waals surface area contributed by atoms with E-state index in [9.17, 15) is 43.8 Å². The minimum Gasteiger partial charge on any atom is -0.394 e. The lowest BCUT2D eigenvalue weighted by Gasteiger charge is -2.39. The van der Waals surface area contributed by atoms with Gasteiger partial charge in [-0.05, 0) is 5.53 Å². The second kappa shape index (κ2) is 11.8. The van der Waals surface area contributed by atoms with E-state index in [1.54, 1.807) is 0 Å². The van der Waals surface area contributed by atoms with E-state index in [0.717, 1.165) is 16.8 Å². The first-order valence-corrected chi connectivity index (χ1v) is 13.3. The maximum atomic E-state index is 12.3. The van der Waals surface area contributed by atoms with Gasteiger partial charge < -0.3 is 39.7 Å². The van der Waals surface area contributed by atoms with Crippen molar-refractivity contribution in [2.45, 2.75) is 55.5 Å². The molecule has 3 rings (SSSR count). The molecule has 2 aliphatic heterocycles. The van der Waals surface area contributed by atoms with Gasteiger partial charge in [0.15, 0.2) is 6.29 Å². The molecule has 0 saturated carbocycles. The molecule has 0 aliphatic carbocycles. The molecule has 2 aliphatic rings. The lowest BCUT2D eigenvalue weighted by molar-refractivity contribution is -0.280. The molecule has 2 saturated heterocycles. The minimum absolute atomic E-state index is 0.112. The van der Waals surface area contributed by atoms with E-state index >= 15 is 0 Å². The average Bonchev–Trinajstić information content (AvgIpc) is 3.20. The molecule has 0 bridgehead atoms. The van der Waals surface area contributed by atoms with Gasteiger partial charge in [0.25, 0.3) is 5.56 Å². The highest BCUT2D eigenvalue weighted by Crippen LogP contribution is 2.61. The van der Waals surface area contributed by atoms with Crippen LogP contribution in [0.1, 0.15) is 12.6 Å². The Morgan fingerprint density at radius 2 is 1.84 bits per heavy atom. The monoisotopic (exact) mass is 575 g/mol. The number of hydrogen-bond acceptors (Lipinski definition) is 14. The largest absolute Gasteiger partial charge is 0.483 e. The van der Waals surface area contributed by atoms with Crippen molar-refractivity contribution >= 4 is 15.6 Å². The number of aromatic nitrogens is 2. The van der Waals surface area contributed by atoms with Gasteiger partial charge in [-0.15, -0.1) is 0 Å². The zero-order valence-corrected chi connectivity index (χ0v) is 20.2. The summed E-state index contributed by atoms with van der Waals surface area (Å²) in [6.07, 6.45) is -10.9. The lowest BCUT2D eigenvalue weighted by atomic mass is 10.00. The van der Waals surface area contributed by atoms with Crippen LogP contribution in [0.4, 0.5) is 0 Å². The molecule has 3 heterocycles. The number of aliphatic hydroxyl groups is 4. The van der Waals surface area contributed by atoms with Crippen LogP contribution in [0.2, 0.25) is 0 Å². The highest BCUT2D eigenvalue weighted by molar-refractivity contribution is 7.61. The highest BCUT2D eigenvalue weighted by Gasteiger charge is 2.48. The smallest absolute Gasteiger partial charge is 0.394 e. The van der Waals surface area contributed by atoms with Crippen LogP contribution in [0.25, 0.3) is 10.4 Å². The molecule has 1 aromatic heterocycles. The molecule has 0 aromatic carbocycles. The summed E-state index contributed by atoms with van der Waals surface area (Å²) in [5.41, 5.74) is 7.25. The van der Waals surface area contributed by atoms with E-state index < -0.39 is 89.2 Å². The molecule has 22 heteroatoms. The second-order valence-corrected chi connectivity index (χ2v) is 10.8. The molecule has 0 amide bonds. The number of nitrogens with zero attached hydrogens (tertiary/aromatic N) is 4. The first-order chi connectivity index (χ1) is 17.3. The lowest BCUT2D eigenvalue weighted by Crippen LogP contribution is -2.58. The van der Waals surface area contributed by atoms with Crippen LogP contribution < -0.4 is 11.2 Å². The van der Waals surface area contributed by atoms with Gasteiger partial charge in [0.1, 0.15) is 30.6 Å². The van der Waals surface area contributed by atoms with Crippen molar-refractivity contribution in [3.8, 4) is 0 Å². The van der Waals surface area contributed by atoms with E-state index in [1.807, 2.05) is 4.98 Å². The normalized spacial score (nSPS) is 35.3. The summed E-state index contributed by atoms with van der Waals surface area (Å²) in [7, 11) is -11.0. The molecule has 37 heavy (non-hydrogen) atoms. The summed E-state index contributed by atoms with van der Waals surface area (Å²) in [6, 6.07) is -0.0126. The van der Waals surface area contributed by atoms with Gasteiger partial charge in [-0.3, -0.25) is 23.4 Å². The predicted molar refractivity (Wildman–Crippen MR) is 114 cm³/mol. The topological polar surface area (TPSA) is 305 Å². The third-order valence-corrected chi connectivity index (χ3v) is 7.86. The third-order valence-electron chi connectivity index (χ3n) is 5.26. The van der Waals surface area contributed by atoms with Crippen LogP contribution in [0.3, 0.4) is 0 Å². The summed E-state index contributed by atoms with van der Waals surface area (Å²) in [6.45, 7) is -1.74. The van der Waals surface area contributed by atoms with E-state index in [1.165, 1.54) is 0 Å². The van der Waals surface area contributed by atoms with Gasteiger partial charge in [-0.25, -0.2) is 13.9 Å². The van der Waals surface area contributed by atoms with Gasteiger partial charge >= 0.3 is 21.3 Å². The van der Waals surface area contributed by atoms with Gasteiger partial charge in [-0.1, -0.05) is 5.11 Å². The Labute approximate surface area is 205 Å². The molecule has 1 aromatic rings. The fourth-order valence-electron chi connectivity index (χ4n) is 3.50. The molecule has 20 nitrogen and oxygen atoms in total. The van der Waals surface area contributed by atoms with Crippen molar-refractivity contribution < 1.29 is 62.2 Å². The number of nitrogens with one attached hydrogen (secondary N) is 1. The van der Waals surface area contributed by atoms with E-state index in [0.29, 0.717) is 0 Å². The average molecular weight is 575 g/mol. The number of phosphoric acid groups is 2. The van der Waals surface area contributed by atoms with Gasteiger partial charge in [0.05, 0.1) is 25.4 Å². The molecule has 2 unspecified atom stereocenters. The van der Waals surface area contributed by atoms with Crippen LogP contribution in [0, 0.1) is 0 Å². The van der Waals surface area contributed by atoms with Crippen molar-refractivity contribution in [2.75, 3.05) is 13.2 Å². The van der Waals surface area contributed by atoms with Gasteiger partial charge in [0.2, 0.25) is 0 Å². The van der Waals surface area contributed by atoms with E-state index in [2.05, 4.69) is 23.4 Å². The SMILES string of the molecule is [N-]=[N+]=N[C@H]1C[C@H](n2ccc(=O)[nH]c2=O)O[C@@H]1COP(=O)(O)OP(=O)(O)O[C@H]1O[C@H](CO)[C@@H](O)[C@H](O)[C@H]1O. The van der Waals surface area contributed by atoms with Crippen molar-refractivity contribution in [3.63, 3.8) is 0 Å². The molecule has 0 spiro atoms. The highest BCUT2D eigenvalue weighted by atomic mass is 31.3.